The van der Waals surface area contributed by atoms with Gasteiger partial charge >= 0.3 is 0 Å². The topological polar surface area (TPSA) is 12.4 Å². The molecule has 0 aromatic heterocycles. The van der Waals surface area contributed by atoms with Crippen molar-refractivity contribution in [2.75, 3.05) is 0 Å². The Kier molecular flexibility index (Phi) is 2.26. The van der Waals surface area contributed by atoms with E-state index in [4.69, 9.17) is 0 Å². The summed E-state index contributed by atoms with van der Waals surface area (Å²) < 4.78 is 1.11. The molecule has 0 N–H and O–H groups in total. The van der Waals surface area contributed by atoms with Crippen molar-refractivity contribution in [1.29, 1.82) is 0 Å². The van der Waals surface area contributed by atoms with E-state index >= 15 is 0 Å². The Morgan fingerprint density at radius 2 is 2.25 bits per heavy atom. The lowest BCUT2D eigenvalue weighted by atomic mass is 10.1. The quantitative estimate of drug-likeness (QED) is 0.639. The van der Waals surface area contributed by atoms with Gasteiger partial charge in [-0.05, 0) is 37.0 Å². The van der Waals surface area contributed by atoms with E-state index in [0.29, 0.717) is 0 Å². The molecule has 1 aromatic rings. The van der Waals surface area contributed by atoms with Crippen molar-refractivity contribution >= 4 is 27.8 Å². The van der Waals surface area contributed by atoms with Gasteiger partial charge in [0, 0.05) is 10.7 Å². The van der Waals surface area contributed by atoms with Crippen molar-refractivity contribution < 1.29 is 0 Å². The van der Waals surface area contributed by atoms with Gasteiger partial charge in [-0.15, -0.1) is 0 Å². The highest BCUT2D eigenvalue weighted by molar-refractivity contribution is 9.10. The van der Waals surface area contributed by atoms with Crippen LogP contribution in [0.1, 0.15) is 18.4 Å². The highest BCUT2D eigenvalue weighted by Crippen LogP contribution is 2.26. The van der Waals surface area contributed by atoms with Crippen LogP contribution in [-0.2, 0) is 6.42 Å². The predicted octanol–water partition coefficient (Wildman–Crippen LogP) is 3.49. The Labute approximate surface area is 80.6 Å². The lowest BCUT2D eigenvalue weighted by Crippen LogP contribution is -1.82. The van der Waals surface area contributed by atoms with Crippen LogP contribution in [0.4, 0.5) is 5.69 Å². The average Bonchev–Trinajstić information content (AvgIpc) is 2.28. The number of rotatable bonds is 0. The van der Waals surface area contributed by atoms with E-state index in [1.807, 2.05) is 6.21 Å². The third kappa shape index (κ3) is 1.58. The van der Waals surface area contributed by atoms with Gasteiger partial charge in [0.15, 0.2) is 0 Å². The number of hydrogen-bond donors (Lipinski definition) is 0. The summed E-state index contributed by atoms with van der Waals surface area (Å²) in [6.07, 6.45) is 5.49. The van der Waals surface area contributed by atoms with Crippen molar-refractivity contribution in [2.45, 2.75) is 19.3 Å². The maximum atomic E-state index is 4.39. The summed E-state index contributed by atoms with van der Waals surface area (Å²) in [5.41, 5.74) is 2.49. The molecule has 0 radical (unpaired) electrons. The molecule has 62 valence electrons. The molecule has 0 saturated carbocycles. The van der Waals surface area contributed by atoms with Crippen LogP contribution in [-0.4, -0.2) is 6.21 Å². The predicted molar refractivity (Wildman–Crippen MR) is 55.2 cm³/mol. The summed E-state index contributed by atoms with van der Waals surface area (Å²) in [7, 11) is 0. The zero-order valence-electron chi connectivity index (χ0n) is 6.76. The number of aryl methyl sites for hydroxylation is 1. The first-order chi connectivity index (χ1) is 5.86. The summed E-state index contributed by atoms with van der Waals surface area (Å²) in [5.74, 6) is 0. The van der Waals surface area contributed by atoms with Crippen LogP contribution in [0, 0.1) is 0 Å². The van der Waals surface area contributed by atoms with Gasteiger partial charge < -0.3 is 0 Å². The smallest absolute Gasteiger partial charge is 0.0668 e. The first-order valence-corrected chi connectivity index (χ1v) is 4.96. The van der Waals surface area contributed by atoms with Crippen LogP contribution in [0.2, 0.25) is 0 Å². The molecule has 2 rings (SSSR count). The third-order valence-corrected chi connectivity index (χ3v) is 2.55. The highest BCUT2D eigenvalue weighted by Gasteiger charge is 2.03. The maximum Gasteiger partial charge on any atom is 0.0668 e. The number of fused-ring (bicyclic) bond motifs is 1. The molecule has 0 spiro atoms. The second kappa shape index (κ2) is 3.40. The molecule has 1 nitrogen and oxygen atoms in total. The van der Waals surface area contributed by atoms with Gasteiger partial charge in [0.25, 0.3) is 0 Å². The molecule has 0 amide bonds. The molecule has 0 atom stereocenters. The van der Waals surface area contributed by atoms with Crippen molar-refractivity contribution in [2.24, 2.45) is 4.99 Å². The zero-order valence-corrected chi connectivity index (χ0v) is 8.34. The van der Waals surface area contributed by atoms with Gasteiger partial charge in [0.1, 0.15) is 0 Å². The second-order valence-electron chi connectivity index (χ2n) is 2.98. The molecular weight excluding hydrogens is 214 g/mol. The molecule has 0 fully saturated rings. The Morgan fingerprint density at radius 1 is 1.33 bits per heavy atom. The molecule has 1 aromatic carbocycles. The number of aliphatic imine (C=N–C) groups is 1. The first kappa shape index (κ1) is 7.99. The minimum atomic E-state index is 1.10. The maximum absolute atomic E-state index is 4.39. The van der Waals surface area contributed by atoms with Crippen molar-refractivity contribution in [1.82, 2.24) is 0 Å². The number of halogens is 1. The van der Waals surface area contributed by atoms with E-state index in [-0.39, 0.29) is 0 Å². The molecule has 1 heterocycles. The standard InChI is InChI=1S/C10H10BrN/c11-9-5-4-8-3-1-2-6-12-10(8)7-9/h4-7H,1-3H2. The van der Waals surface area contributed by atoms with Crippen LogP contribution in [0.15, 0.2) is 27.7 Å². The molecule has 2 heteroatoms. The van der Waals surface area contributed by atoms with Gasteiger partial charge in [-0.25, -0.2) is 0 Å². The third-order valence-electron chi connectivity index (χ3n) is 2.06. The summed E-state index contributed by atoms with van der Waals surface area (Å²) >= 11 is 3.44. The van der Waals surface area contributed by atoms with Gasteiger partial charge in [-0.3, -0.25) is 4.99 Å². The van der Waals surface area contributed by atoms with Crippen LogP contribution in [0.3, 0.4) is 0 Å². The van der Waals surface area contributed by atoms with E-state index in [9.17, 15) is 0 Å². The lowest BCUT2D eigenvalue weighted by Gasteiger charge is -2.01. The average molecular weight is 224 g/mol. The van der Waals surface area contributed by atoms with Crippen LogP contribution in [0.25, 0.3) is 0 Å². The molecule has 0 aliphatic carbocycles. The number of hydrogen-bond acceptors (Lipinski definition) is 1. The highest BCUT2D eigenvalue weighted by atomic mass is 79.9. The summed E-state index contributed by atoms with van der Waals surface area (Å²) in [5, 5.41) is 0. The molecule has 12 heavy (non-hydrogen) atoms. The molecule has 0 saturated heterocycles. The van der Waals surface area contributed by atoms with E-state index in [1.165, 1.54) is 12.0 Å². The van der Waals surface area contributed by atoms with Gasteiger partial charge in [-0.1, -0.05) is 22.0 Å². The lowest BCUT2D eigenvalue weighted by molar-refractivity contribution is 0.885. The van der Waals surface area contributed by atoms with E-state index in [1.54, 1.807) is 0 Å². The van der Waals surface area contributed by atoms with E-state index in [0.717, 1.165) is 23.0 Å². The van der Waals surface area contributed by atoms with Crippen molar-refractivity contribution in [3.05, 3.63) is 28.2 Å². The fourth-order valence-corrected chi connectivity index (χ4v) is 1.76. The number of benzene rings is 1. The Balaban J connectivity index is 2.47. The van der Waals surface area contributed by atoms with Crippen molar-refractivity contribution in [3.8, 4) is 0 Å². The van der Waals surface area contributed by atoms with Gasteiger partial charge in [0.2, 0.25) is 0 Å². The fraction of sp³-hybridized carbons (Fsp3) is 0.300. The number of nitrogens with zero attached hydrogens (tertiary/aromatic N) is 1. The SMILES string of the molecule is Brc1ccc2c(c1)N=CCCC2. The molecule has 0 unspecified atom stereocenters. The molecule has 1 aliphatic rings. The first-order valence-electron chi connectivity index (χ1n) is 4.17. The largest absolute Gasteiger partial charge is 0.261 e. The second-order valence-corrected chi connectivity index (χ2v) is 3.89. The van der Waals surface area contributed by atoms with Crippen molar-refractivity contribution in [3.63, 3.8) is 0 Å². The Bertz CT molecular complexity index is 318. The fourth-order valence-electron chi connectivity index (χ4n) is 1.42. The molecule has 1 aliphatic heterocycles. The molecular formula is C10H10BrN. The van der Waals surface area contributed by atoms with E-state index in [2.05, 4.69) is 39.1 Å². The summed E-state index contributed by atoms with van der Waals surface area (Å²) in [6, 6.07) is 6.32. The van der Waals surface area contributed by atoms with Crippen LogP contribution < -0.4 is 0 Å². The summed E-state index contributed by atoms with van der Waals surface area (Å²) in [6.45, 7) is 0. The minimum absolute atomic E-state index is 1.10. The normalized spacial score (nSPS) is 15.4. The summed E-state index contributed by atoms with van der Waals surface area (Å²) in [4.78, 5) is 4.39. The zero-order chi connectivity index (χ0) is 8.39. The monoisotopic (exact) mass is 223 g/mol. The molecule has 0 bridgehead atoms. The van der Waals surface area contributed by atoms with Crippen LogP contribution in [0.5, 0.6) is 0 Å². The Hall–Kier alpha value is -0.630. The van der Waals surface area contributed by atoms with E-state index < -0.39 is 0 Å². The van der Waals surface area contributed by atoms with Crippen LogP contribution >= 0.6 is 15.9 Å². The Morgan fingerprint density at radius 3 is 3.17 bits per heavy atom. The van der Waals surface area contributed by atoms with Gasteiger partial charge in [-0.2, -0.15) is 0 Å². The minimum Gasteiger partial charge on any atom is -0.261 e. The van der Waals surface area contributed by atoms with Gasteiger partial charge in [0.05, 0.1) is 5.69 Å².